The van der Waals surface area contributed by atoms with Gasteiger partial charge in [-0.25, -0.2) is 4.98 Å². The summed E-state index contributed by atoms with van der Waals surface area (Å²) in [6.45, 7) is 1.25. The van der Waals surface area contributed by atoms with Gasteiger partial charge in [0.05, 0.1) is 12.3 Å². The van der Waals surface area contributed by atoms with Crippen molar-refractivity contribution in [1.29, 1.82) is 5.26 Å². The van der Waals surface area contributed by atoms with E-state index in [1.807, 2.05) is 6.07 Å². The Hall–Kier alpha value is -1.80. The average Bonchev–Trinajstić information content (AvgIpc) is 2.38. The maximum Gasteiger partial charge on any atom is 0.142 e. The second kappa shape index (κ2) is 5.51. The minimum Gasteiger partial charge on any atom is -0.489 e. The lowest BCUT2D eigenvalue weighted by molar-refractivity contribution is -0.0111. The van der Waals surface area contributed by atoms with Crippen LogP contribution in [0.25, 0.3) is 0 Å². The molecule has 17 heavy (non-hydrogen) atoms. The number of anilines is 1. The SMILES string of the molecule is N#Cc1cnc(N)cc1OC[C@H]1CCCCO1. The molecule has 1 saturated heterocycles. The van der Waals surface area contributed by atoms with E-state index in [0.717, 1.165) is 25.9 Å². The van der Waals surface area contributed by atoms with Crippen molar-refractivity contribution in [3.63, 3.8) is 0 Å². The Morgan fingerprint density at radius 3 is 3.18 bits per heavy atom. The molecule has 0 saturated carbocycles. The molecule has 0 radical (unpaired) electrons. The number of hydrogen-bond acceptors (Lipinski definition) is 5. The fourth-order valence-corrected chi connectivity index (χ4v) is 1.78. The number of aromatic nitrogens is 1. The lowest BCUT2D eigenvalue weighted by Crippen LogP contribution is -2.26. The molecule has 5 heteroatoms. The van der Waals surface area contributed by atoms with E-state index in [4.69, 9.17) is 20.5 Å². The van der Waals surface area contributed by atoms with Crippen LogP contribution in [0.15, 0.2) is 12.3 Å². The first-order valence-electron chi connectivity index (χ1n) is 5.69. The highest BCUT2D eigenvalue weighted by molar-refractivity contribution is 5.47. The van der Waals surface area contributed by atoms with Crippen LogP contribution in [0.5, 0.6) is 5.75 Å². The van der Waals surface area contributed by atoms with Gasteiger partial charge in [-0.2, -0.15) is 5.26 Å². The van der Waals surface area contributed by atoms with Crippen molar-refractivity contribution in [1.82, 2.24) is 4.98 Å². The van der Waals surface area contributed by atoms with Gasteiger partial charge in [-0.1, -0.05) is 0 Å². The largest absolute Gasteiger partial charge is 0.489 e. The summed E-state index contributed by atoms with van der Waals surface area (Å²) in [5.41, 5.74) is 5.96. The number of nitrogen functional groups attached to an aromatic ring is 1. The average molecular weight is 233 g/mol. The molecule has 0 spiro atoms. The van der Waals surface area contributed by atoms with E-state index < -0.39 is 0 Å². The monoisotopic (exact) mass is 233 g/mol. The van der Waals surface area contributed by atoms with Crippen LogP contribution in [0.3, 0.4) is 0 Å². The molecule has 0 bridgehead atoms. The molecule has 0 amide bonds. The van der Waals surface area contributed by atoms with Crippen molar-refractivity contribution in [3.8, 4) is 11.8 Å². The number of pyridine rings is 1. The second-order valence-electron chi connectivity index (χ2n) is 4.02. The van der Waals surface area contributed by atoms with Crippen LogP contribution in [0.4, 0.5) is 5.82 Å². The van der Waals surface area contributed by atoms with Gasteiger partial charge in [-0.05, 0) is 19.3 Å². The number of hydrogen-bond donors (Lipinski definition) is 1. The molecule has 1 aromatic heterocycles. The summed E-state index contributed by atoms with van der Waals surface area (Å²) in [5.74, 6) is 0.831. The van der Waals surface area contributed by atoms with Crippen LogP contribution in [0.2, 0.25) is 0 Å². The van der Waals surface area contributed by atoms with E-state index in [0.29, 0.717) is 23.7 Å². The predicted octanol–water partition coefficient (Wildman–Crippen LogP) is 1.48. The number of nitrogens with zero attached hydrogens (tertiary/aromatic N) is 2. The first kappa shape index (κ1) is 11.7. The highest BCUT2D eigenvalue weighted by Crippen LogP contribution is 2.20. The Kier molecular flexibility index (Phi) is 3.78. The van der Waals surface area contributed by atoms with E-state index in [1.54, 1.807) is 6.07 Å². The molecule has 0 unspecified atom stereocenters. The topological polar surface area (TPSA) is 81.2 Å². The highest BCUT2D eigenvalue weighted by Gasteiger charge is 2.15. The summed E-state index contributed by atoms with van der Waals surface area (Å²) >= 11 is 0. The molecule has 1 fully saturated rings. The zero-order valence-electron chi connectivity index (χ0n) is 9.56. The molecule has 1 atom stereocenters. The quantitative estimate of drug-likeness (QED) is 0.855. The molecule has 2 rings (SSSR count). The first-order valence-corrected chi connectivity index (χ1v) is 5.69. The molecule has 90 valence electrons. The number of nitriles is 1. The van der Waals surface area contributed by atoms with Gasteiger partial charge in [-0.3, -0.25) is 0 Å². The van der Waals surface area contributed by atoms with E-state index in [9.17, 15) is 0 Å². The third-order valence-corrected chi connectivity index (χ3v) is 2.71. The normalized spacial score (nSPS) is 19.6. The molecule has 5 nitrogen and oxygen atoms in total. The summed E-state index contributed by atoms with van der Waals surface area (Å²) in [6, 6.07) is 3.60. The zero-order chi connectivity index (χ0) is 12.1. The molecule has 1 aliphatic heterocycles. The van der Waals surface area contributed by atoms with Crippen molar-refractivity contribution in [2.45, 2.75) is 25.4 Å². The highest BCUT2D eigenvalue weighted by atomic mass is 16.5. The van der Waals surface area contributed by atoms with Crippen molar-refractivity contribution in [3.05, 3.63) is 17.8 Å². The first-order chi connectivity index (χ1) is 8.29. The molecule has 2 N–H and O–H groups in total. The third-order valence-electron chi connectivity index (χ3n) is 2.71. The van der Waals surface area contributed by atoms with Crippen LogP contribution >= 0.6 is 0 Å². The van der Waals surface area contributed by atoms with Gasteiger partial charge in [0.1, 0.15) is 29.8 Å². The minimum atomic E-state index is 0.115. The van der Waals surface area contributed by atoms with Gasteiger partial charge >= 0.3 is 0 Å². The third kappa shape index (κ3) is 3.08. The van der Waals surface area contributed by atoms with Crippen LogP contribution in [0.1, 0.15) is 24.8 Å². The van der Waals surface area contributed by atoms with Gasteiger partial charge in [0.15, 0.2) is 0 Å². The lowest BCUT2D eigenvalue weighted by atomic mass is 10.1. The fraction of sp³-hybridized carbons (Fsp3) is 0.500. The smallest absolute Gasteiger partial charge is 0.142 e. The van der Waals surface area contributed by atoms with Crippen LogP contribution < -0.4 is 10.5 Å². The minimum absolute atomic E-state index is 0.115. The molecule has 0 aliphatic carbocycles. The van der Waals surface area contributed by atoms with Gasteiger partial charge in [-0.15, -0.1) is 0 Å². The summed E-state index contributed by atoms with van der Waals surface area (Å²) in [7, 11) is 0. The van der Waals surface area contributed by atoms with Crippen molar-refractivity contribution in [2.24, 2.45) is 0 Å². The molecule has 1 aliphatic rings. The van der Waals surface area contributed by atoms with Crippen molar-refractivity contribution >= 4 is 5.82 Å². The van der Waals surface area contributed by atoms with Crippen LogP contribution in [-0.2, 0) is 4.74 Å². The van der Waals surface area contributed by atoms with E-state index in [2.05, 4.69) is 4.98 Å². The standard InChI is InChI=1S/C12H15N3O2/c13-6-9-7-15-12(14)5-11(9)17-8-10-3-1-2-4-16-10/h5,7,10H,1-4,8H2,(H2,14,15)/t10-/m1/s1. The van der Waals surface area contributed by atoms with Gasteiger partial charge in [0.2, 0.25) is 0 Å². The Bertz CT molecular complexity index is 422. The Balaban J connectivity index is 1.98. The summed E-state index contributed by atoms with van der Waals surface area (Å²) < 4.78 is 11.1. The Labute approximate surface area is 100 Å². The molecule has 0 aromatic carbocycles. The summed E-state index contributed by atoms with van der Waals surface area (Å²) in [4.78, 5) is 3.85. The number of rotatable bonds is 3. The molecular weight excluding hydrogens is 218 g/mol. The molecular formula is C12H15N3O2. The lowest BCUT2D eigenvalue weighted by Gasteiger charge is -2.22. The van der Waals surface area contributed by atoms with Gasteiger partial charge < -0.3 is 15.2 Å². The summed E-state index contributed by atoms with van der Waals surface area (Å²) in [6.07, 6.45) is 4.82. The zero-order valence-corrected chi connectivity index (χ0v) is 9.56. The second-order valence-corrected chi connectivity index (χ2v) is 4.02. The molecule has 2 heterocycles. The fourth-order valence-electron chi connectivity index (χ4n) is 1.78. The Morgan fingerprint density at radius 1 is 1.59 bits per heavy atom. The van der Waals surface area contributed by atoms with E-state index in [1.165, 1.54) is 6.20 Å². The van der Waals surface area contributed by atoms with E-state index >= 15 is 0 Å². The van der Waals surface area contributed by atoms with E-state index in [-0.39, 0.29) is 6.10 Å². The maximum atomic E-state index is 8.90. The van der Waals surface area contributed by atoms with Crippen molar-refractivity contribution in [2.75, 3.05) is 18.9 Å². The summed E-state index contributed by atoms with van der Waals surface area (Å²) in [5, 5.41) is 8.90. The van der Waals surface area contributed by atoms with Gasteiger partial charge in [0.25, 0.3) is 0 Å². The Morgan fingerprint density at radius 2 is 2.47 bits per heavy atom. The maximum absolute atomic E-state index is 8.90. The number of ether oxygens (including phenoxy) is 2. The van der Waals surface area contributed by atoms with Crippen molar-refractivity contribution < 1.29 is 9.47 Å². The van der Waals surface area contributed by atoms with Crippen LogP contribution in [0, 0.1) is 11.3 Å². The van der Waals surface area contributed by atoms with Crippen LogP contribution in [-0.4, -0.2) is 24.3 Å². The predicted molar refractivity (Wildman–Crippen MR) is 62.5 cm³/mol. The number of nitrogens with two attached hydrogens (primary N) is 1. The molecule has 1 aromatic rings. The van der Waals surface area contributed by atoms with Gasteiger partial charge in [0, 0.05) is 12.7 Å².